The van der Waals surface area contributed by atoms with Crippen LogP contribution >= 0.6 is 0 Å². The molecule has 0 spiro atoms. The number of aromatic nitrogens is 4. The smallest absolute Gasteiger partial charge is 0.268 e. The number of pyridine rings is 1. The van der Waals surface area contributed by atoms with Crippen LogP contribution in [0.5, 0.6) is 11.5 Å². The molecule has 3 aromatic heterocycles. The molecule has 0 atom stereocenters. The topological polar surface area (TPSA) is 35.9 Å². The summed E-state index contributed by atoms with van der Waals surface area (Å²) in [5.41, 5.74) is -1.79. The molecular formula is C87H70N4OPtSi-2. The van der Waals surface area contributed by atoms with E-state index in [0.717, 1.165) is 29.5 Å². The Hall–Kier alpha value is -10.2. The van der Waals surface area contributed by atoms with E-state index in [1.807, 2.05) is 53.7 Å². The van der Waals surface area contributed by atoms with Crippen LogP contribution in [0.1, 0.15) is 103 Å². The first-order valence-electron chi connectivity index (χ1n) is 45.9. The van der Waals surface area contributed by atoms with E-state index in [-0.39, 0.29) is 66.2 Å². The van der Waals surface area contributed by atoms with Crippen LogP contribution in [0.4, 0.5) is 0 Å². The predicted octanol–water partition coefficient (Wildman–Crippen LogP) is 18.5. The number of hydrogen-bond acceptors (Lipinski definition) is 2. The second-order valence-electron chi connectivity index (χ2n) is 24.0. The molecule has 5 nitrogen and oxygen atoms in total. The van der Waals surface area contributed by atoms with Gasteiger partial charge in [-0.15, -0.1) is 29.7 Å². The minimum Gasteiger partial charge on any atom is -0.510 e. The number of imidazole rings is 1. The van der Waals surface area contributed by atoms with Gasteiger partial charge in [0.05, 0.1) is 57.8 Å². The second-order valence-corrected chi connectivity index (χ2v) is 27.5. The van der Waals surface area contributed by atoms with Gasteiger partial charge in [-0.25, -0.2) is 4.98 Å². The Morgan fingerprint density at radius 1 is 0.479 bits per heavy atom. The molecule has 0 aliphatic heterocycles. The number of para-hydroxylation sites is 1. The van der Waals surface area contributed by atoms with Crippen molar-refractivity contribution in [3.8, 4) is 73.2 Å². The van der Waals surface area contributed by atoms with Crippen molar-refractivity contribution in [2.24, 2.45) is 0 Å². The first-order chi connectivity index (χ1) is 58.9. The van der Waals surface area contributed by atoms with Gasteiger partial charge in [-0.3, -0.25) is 4.57 Å². The molecule has 0 aliphatic rings. The Bertz CT molecular complexity index is 6920. The van der Waals surface area contributed by atoms with Gasteiger partial charge in [0, 0.05) is 54.0 Å². The van der Waals surface area contributed by atoms with Gasteiger partial charge in [-0.1, -0.05) is 283 Å². The maximum absolute atomic E-state index is 10.3. The van der Waals surface area contributed by atoms with E-state index in [4.69, 9.17) is 30.3 Å². The van der Waals surface area contributed by atoms with Crippen molar-refractivity contribution in [2.45, 2.75) is 59.2 Å². The molecular weight excluding hydrogens is 1340 g/mol. The van der Waals surface area contributed by atoms with Gasteiger partial charge < -0.3 is 13.9 Å². The zero-order valence-electron chi connectivity index (χ0n) is 84.0. The monoisotopic (exact) mass is 1440 g/mol. The van der Waals surface area contributed by atoms with E-state index in [0.29, 0.717) is 27.4 Å². The zero-order valence-corrected chi connectivity index (χ0v) is 54.3. The van der Waals surface area contributed by atoms with Crippen LogP contribution in [0.2, 0.25) is 0 Å². The molecule has 0 amide bonds. The molecule has 3 heterocycles. The first-order valence-corrected chi connectivity index (χ1v) is 31.4. The van der Waals surface area contributed by atoms with Crippen molar-refractivity contribution >= 4 is 61.7 Å². The number of fused-ring (bicyclic) bond motifs is 4. The van der Waals surface area contributed by atoms with Crippen LogP contribution in [0.3, 0.4) is 0 Å². The van der Waals surface area contributed by atoms with Crippen LogP contribution in [0.15, 0.2) is 297 Å². The molecule has 460 valence electrons. The van der Waals surface area contributed by atoms with E-state index in [1.54, 1.807) is 71.3 Å². The SMILES string of the molecule is [2H]c1c([2H])c([2H])c(-c2cc(-c3c([2H])c([2H])c([2H])c([2H])c3[2H])c(-[n+]3[c-]n(-c4[c-]c(Oc5[c-]c6c(cc5)c5ccccc5n6-c5cc(C([2H])([2H])[2H])c(-c6c([2H])c([2H])c([2H])c([2H])c6[2H])cn5)ccc4)c4cc(-c5cc(C(C)(C)C)cc(C(C)(C)C)c5)ccc43)c([Si](c3c([2H])c([2H])c([2H])c([2H])c3[2H])(c3c([2H])c([2H])c([2H])c([2H])c3[2H])c3c([2H])c([2H])c([2H])c([2H])c3[2H])c2)c([2H])c1[2H].[Pt]. The molecule has 0 unspecified atom stereocenters. The Morgan fingerprint density at radius 3 is 1.63 bits per heavy atom. The third kappa shape index (κ3) is 11.2. The summed E-state index contributed by atoms with van der Waals surface area (Å²) < 4.78 is 321. The number of hydrogen-bond donors (Lipinski definition) is 0. The Morgan fingerprint density at radius 2 is 1.03 bits per heavy atom. The van der Waals surface area contributed by atoms with E-state index in [2.05, 4.69) is 24.5 Å². The number of aryl methyl sites for hydroxylation is 1. The van der Waals surface area contributed by atoms with Gasteiger partial charge in [0.25, 0.3) is 6.33 Å². The summed E-state index contributed by atoms with van der Waals surface area (Å²) >= 11 is 0. The summed E-state index contributed by atoms with van der Waals surface area (Å²) in [6.07, 6.45) is 4.51. The number of rotatable bonds is 13. The second kappa shape index (κ2) is 25.0. The van der Waals surface area contributed by atoms with E-state index >= 15 is 0 Å². The summed E-state index contributed by atoms with van der Waals surface area (Å²) in [4.78, 5) is 4.70. The standard InChI is InChI=1S/C87H70N4OSi.Pt/c1-60-49-84(88-58-78(60)63-33-18-10-19-34-63)91-79-44-27-26-43-75(79)76-47-46-71(57-81(76)91)92-70-36-28-35-69(56-70)89-59-90(80-48-45-64(53-82(80)89)65-50-67(86(2,3)4)55-68(51-65)87(5,6)7)85-77(62-31-16-9-17-32-62)52-66(61-29-14-8-15-30-61)54-83(85)93(72-37-20-11-21-38-72,73-39-22-12-23-40-73)74-41-24-13-25-42-74;/h8-55,58H,1-7H3;/q-2;/i1D3,8D,9D,10D,11D,12D,13D,14D,15D,16D,17D,18D,19D,20D,21D,22D,23D,24D,25D,29D,30D,31D,32D,33D,34D,37D,38D,39D,40D,41D,42D;. The molecule has 0 N–H and O–H groups in total. The summed E-state index contributed by atoms with van der Waals surface area (Å²) in [5, 5.41) is -2.85. The van der Waals surface area contributed by atoms with Crippen LogP contribution in [-0.2, 0) is 31.9 Å². The fourth-order valence-corrected chi connectivity index (χ4v) is 15.8. The summed E-state index contributed by atoms with van der Waals surface area (Å²) in [6.45, 7) is 9.24. The Labute approximate surface area is 613 Å². The predicted molar refractivity (Wildman–Crippen MR) is 387 cm³/mol. The molecule has 0 fully saturated rings. The maximum Gasteiger partial charge on any atom is 0.268 e. The largest absolute Gasteiger partial charge is 0.510 e. The fourth-order valence-electron chi connectivity index (χ4n) is 11.7. The molecule has 7 heteroatoms. The third-order valence-electron chi connectivity index (χ3n) is 16.2. The molecule has 12 aromatic carbocycles. The van der Waals surface area contributed by atoms with Crippen molar-refractivity contribution in [2.75, 3.05) is 0 Å². The summed E-state index contributed by atoms with van der Waals surface area (Å²) in [5.74, 6) is -0.0647. The number of nitrogens with zero attached hydrogens (tertiary/aromatic N) is 4. The average Bonchev–Trinajstić information content (AvgIpc) is 1.12. The van der Waals surface area contributed by atoms with Gasteiger partial charge in [0.15, 0.2) is 8.07 Å². The minimum absolute atomic E-state index is 0. The quantitative estimate of drug-likeness (QED) is 0.0499. The number of benzene rings is 12. The minimum atomic E-state index is -6.69. The summed E-state index contributed by atoms with van der Waals surface area (Å²) in [7, 11) is -6.69. The van der Waals surface area contributed by atoms with Gasteiger partial charge in [-0.05, 0) is 129 Å². The zero-order chi connectivity index (χ0) is 92.0. The van der Waals surface area contributed by atoms with Gasteiger partial charge in [0.1, 0.15) is 5.82 Å². The fraction of sp³-hybridized carbons (Fsp3) is 0.103. The van der Waals surface area contributed by atoms with Crippen LogP contribution < -0.4 is 30.1 Å². The molecule has 0 radical (unpaired) electrons. The molecule has 0 bridgehead atoms. The Kier molecular flexibility index (Phi) is 9.06. The molecule has 15 aromatic rings. The van der Waals surface area contributed by atoms with E-state index < -0.39 is 267 Å². The molecule has 15 rings (SSSR count). The molecule has 0 saturated heterocycles. The van der Waals surface area contributed by atoms with Crippen LogP contribution in [0.25, 0.3) is 94.5 Å². The van der Waals surface area contributed by atoms with Gasteiger partial charge in [-0.2, -0.15) is 18.2 Å². The van der Waals surface area contributed by atoms with Crippen molar-refractivity contribution in [1.29, 1.82) is 0 Å². The van der Waals surface area contributed by atoms with Crippen molar-refractivity contribution < 1.29 is 75.6 Å². The van der Waals surface area contributed by atoms with Gasteiger partial charge >= 0.3 is 0 Å². The Balaban J connectivity index is 0.0000131. The van der Waals surface area contributed by atoms with Gasteiger partial charge in [0.2, 0.25) is 0 Å². The van der Waals surface area contributed by atoms with Crippen LogP contribution in [-0.4, -0.2) is 22.2 Å². The van der Waals surface area contributed by atoms with E-state index in [1.165, 1.54) is 21.3 Å². The number of ether oxygens (including phenoxy) is 1. The molecule has 0 aliphatic carbocycles. The molecule has 0 saturated carbocycles. The normalized spacial score (nSPS) is 17.0. The van der Waals surface area contributed by atoms with Crippen molar-refractivity contribution in [3.63, 3.8) is 0 Å². The van der Waals surface area contributed by atoms with E-state index in [9.17, 15) is 24.7 Å². The molecule has 94 heavy (non-hydrogen) atoms. The first kappa shape index (κ1) is 34.1. The average molecular weight is 1440 g/mol. The van der Waals surface area contributed by atoms with Crippen molar-refractivity contribution in [1.82, 2.24) is 14.1 Å². The third-order valence-corrected chi connectivity index (χ3v) is 20.4. The van der Waals surface area contributed by atoms with Crippen LogP contribution in [0, 0.1) is 25.3 Å². The summed E-state index contributed by atoms with van der Waals surface area (Å²) in [6, 6.07) is 4.70. The van der Waals surface area contributed by atoms with Crippen molar-refractivity contribution in [3.05, 3.63) is 332 Å². The maximum atomic E-state index is 10.3.